The monoisotopic (exact) mass is 421 g/mol. The average molecular weight is 421 g/mol. The van der Waals surface area contributed by atoms with Crippen molar-refractivity contribution in [3.05, 3.63) is 71.4 Å². The Hall–Kier alpha value is -2.94. The number of nitrogens with zero attached hydrogens (tertiary/aromatic N) is 2. The second-order valence-corrected chi connectivity index (χ2v) is 7.43. The molecule has 1 saturated heterocycles. The number of amides is 1. The van der Waals surface area contributed by atoms with Gasteiger partial charge in [0.1, 0.15) is 11.5 Å². The lowest BCUT2D eigenvalue weighted by Crippen LogP contribution is -2.53. The van der Waals surface area contributed by atoms with Crippen LogP contribution in [0.5, 0.6) is 0 Å². The summed E-state index contributed by atoms with van der Waals surface area (Å²) < 4.78 is 59.0. The molecule has 0 saturated carbocycles. The molecule has 1 aromatic carbocycles. The highest BCUT2D eigenvalue weighted by Crippen LogP contribution is 2.30. The molecule has 1 aliphatic rings. The van der Waals surface area contributed by atoms with Crippen LogP contribution in [0.25, 0.3) is 5.65 Å². The van der Waals surface area contributed by atoms with Crippen LogP contribution in [0.4, 0.5) is 17.6 Å². The predicted octanol–water partition coefficient (Wildman–Crippen LogP) is 4.01. The number of hydrogen-bond donors (Lipinski definition) is 1. The third-order valence-corrected chi connectivity index (χ3v) is 5.30. The number of ether oxygens (including phenoxy) is 1. The zero-order valence-electron chi connectivity index (χ0n) is 15.9. The molecule has 1 amide bonds. The largest absolute Gasteiger partial charge is 0.434 e. The van der Waals surface area contributed by atoms with Gasteiger partial charge in [-0.3, -0.25) is 4.79 Å². The van der Waals surface area contributed by atoms with Gasteiger partial charge >= 0.3 is 6.18 Å². The van der Waals surface area contributed by atoms with E-state index in [0.29, 0.717) is 32.5 Å². The molecule has 0 atom stereocenters. The number of nitrogens with one attached hydrogen (secondary N) is 1. The highest BCUT2D eigenvalue weighted by Gasteiger charge is 2.37. The summed E-state index contributed by atoms with van der Waals surface area (Å²) in [7, 11) is 0. The van der Waals surface area contributed by atoms with Gasteiger partial charge in [-0.05, 0) is 49.1 Å². The van der Waals surface area contributed by atoms with E-state index < -0.39 is 23.3 Å². The van der Waals surface area contributed by atoms with E-state index in [4.69, 9.17) is 4.74 Å². The first-order valence-corrected chi connectivity index (χ1v) is 9.45. The van der Waals surface area contributed by atoms with Crippen LogP contribution in [0.2, 0.25) is 0 Å². The molecule has 0 radical (unpaired) electrons. The van der Waals surface area contributed by atoms with Gasteiger partial charge in [-0.1, -0.05) is 12.1 Å². The fourth-order valence-corrected chi connectivity index (χ4v) is 3.74. The minimum Gasteiger partial charge on any atom is -0.381 e. The molecule has 9 heteroatoms. The van der Waals surface area contributed by atoms with E-state index in [1.165, 1.54) is 34.9 Å². The van der Waals surface area contributed by atoms with Crippen LogP contribution in [0, 0.1) is 5.82 Å². The molecule has 1 aliphatic heterocycles. The fourth-order valence-electron chi connectivity index (χ4n) is 3.74. The molecule has 0 bridgehead atoms. The van der Waals surface area contributed by atoms with Crippen LogP contribution in [0.15, 0.2) is 48.8 Å². The van der Waals surface area contributed by atoms with Crippen LogP contribution in [-0.2, 0) is 17.3 Å². The quantitative estimate of drug-likeness (QED) is 0.648. The number of pyridine rings is 1. The van der Waals surface area contributed by atoms with Crippen molar-refractivity contribution < 1.29 is 27.1 Å². The summed E-state index contributed by atoms with van der Waals surface area (Å²) in [4.78, 5) is 16.7. The number of aromatic nitrogens is 2. The van der Waals surface area contributed by atoms with E-state index in [-0.39, 0.29) is 17.0 Å². The zero-order chi connectivity index (χ0) is 21.4. The number of benzene rings is 1. The van der Waals surface area contributed by atoms with Gasteiger partial charge in [-0.15, -0.1) is 0 Å². The van der Waals surface area contributed by atoms with Crippen molar-refractivity contribution in [1.29, 1.82) is 0 Å². The Balaban J connectivity index is 1.64. The number of hydrogen-bond acceptors (Lipinski definition) is 3. The Kier molecular flexibility index (Phi) is 5.23. The van der Waals surface area contributed by atoms with E-state index in [2.05, 4.69) is 10.3 Å². The smallest absolute Gasteiger partial charge is 0.381 e. The second-order valence-electron chi connectivity index (χ2n) is 7.43. The lowest BCUT2D eigenvalue weighted by Gasteiger charge is -2.38. The third kappa shape index (κ3) is 4.16. The minimum atomic E-state index is -4.61. The number of imidazole rings is 1. The van der Waals surface area contributed by atoms with Gasteiger partial charge in [-0.2, -0.15) is 13.2 Å². The van der Waals surface area contributed by atoms with E-state index >= 15 is 0 Å². The Morgan fingerprint density at radius 1 is 1.17 bits per heavy atom. The van der Waals surface area contributed by atoms with Crippen molar-refractivity contribution >= 4 is 11.6 Å². The van der Waals surface area contributed by atoms with Crippen molar-refractivity contribution in [3.8, 4) is 0 Å². The van der Waals surface area contributed by atoms with Gasteiger partial charge in [0.05, 0.1) is 5.56 Å². The van der Waals surface area contributed by atoms with Crippen molar-refractivity contribution in [2.45, 2.75) is 31.0 Å². The summed E-state index contributed by atoms with van der Waals surface area (Å²) in [6, 6.07) is 8.97. The van der Waals surface area contributed by atoms with Gasteiger partial charge in [0.2, 0.25) is 0 Å². The summed E-state index contributed by atoms with van der Waals surface area (Å²) in [5.41, 5.74) is -0.879. The van der Waals surface area contributed by atoms with Crippen LogP contribution >= 0.6 is 0 Å². The van der Waals surface area contributed by atoms with E-state index in [1.807, 2.05) is 0 Å². The fraction of sp³-hybridized carbons (Fsp3) is 0.333. The first kappa shape index (κ1) is 20.3. The molecule has 0 unspecified atom stereocenters. The number of alkyl halides is 3. The second kappa shape index (κ2) is 7.71. The zero-order valence-corrected chi connectivity index (χ0v) is 15.9. The van der Waals surface area contributed by atoms with Crippen molar-refractivity contribution in [2.75, 3.05) is 13.2 Å². The van der Waals surface area contributed by atoms with Crippen LogP contribution in [0.1, 0.15) is 34.5 Å². The van der Waals surface area contributed by atoms with Gasteiger partial charge in [-0.25, -0.2) is 9.37 Å². The number of rotatable bonds is 4. The van der Waals surface area contributed by atoms with Crippen molar-refractivity contribution in [3.63, 3.8) is 0 Å². The lowest BCUT2D eigenvalue weighted by molar-refractivity contribution is -0.140. The molecule has 1 fully saturated rings. The van der Waals surface area contributed by atoms with Crippen molar-refractivity contribution in [1.82, 2.24) is 14.7 Å². The molecule has 158 valence electrons. The SMILES string of the molecule is O=C(NC1(Cc2ccc(F)cc2)CCOCC1)c1cccn2cc(C(F)(F)F)nc12. The van der Waals surface area contributed by atoms with Crippen molar-refractivity contribution in [2.24, 2.45) is 0 Å². The molecule has 0 aliphatic carbocycles. The molecule has 30 heavy (non-hydrogen) atoms. The molecule has 0 spiro atoms. The van der Waals surface area contributed by atoms with Gasteiger partial charge in [0.15, 0.2) is 5.69 Å². The summed E-state index contributed by atoms with van der Waals surface area (Å²) >= 11 is 0. The normalized spacial score (nSPS) is 16.5. The third-order valence-electron chi connectivity index (χ3n) is 5.30. The predicted molar refractivity (Wildman–Crippen MR) is 101 cm³/mol. The van der Waals surface area contributed by atoms with Gasteiger partial charge in [0.25, 0.3) is 5.91 Å². The molecular weight excluding hydrogens is 402 g/mol. The Morgan fingerprint density at radius 3 is 2.53 bits per heavy atom. The highest BCUT2D eigenvalue weighted by atomic mass is 19.4. The maximum Gasteiger partial charge on any atom is 0.434 e. The van der Waals surface area contributed by atoms with Gasteiger partial charge < -0.3 is 14.5 Å². The maximum atomic E-state index is 13.2. The van der Waals surface area contributed by atoms with Gasteiger partial charge in [0, 0.05) is 31.1 Å². The summed E-state index contributed by atoms with van der Waals surface area (Å²) in [5, 5.41) is 3.00. The molecular formula is C21H19F4N3O2. The maximum absolute atomic E-state index is 13.2. The summed E-state index contributed by atoms with van der Waals surface area (Å²) in [6.07, 6.45) is -0.826. The number of carbonyl (C=O) groups excluding carboxylic acids is 1. The number of fused-ring (bicyclic) bond motifs is 1. The number of carbonyl (C=O) groups is 1. The lowest BCUT2D eigenvalue weighted by atomic mass is 9.83. The summed E-state index contributed by atoms with van der Waals surface area (Å²) in [5.74, 6) is -0.862. The highest BCUT2D eigenvalue weighted by molar-refractivity contribution is 6.00. The van der Waals surface area contributed by atoms with E-state index in [0.717, 1.165) is 11.8 Å². The van der Waals surface area contributed by atoms with E-state index in [1.54, 1.807) is 12.1 Å². The molecule has 3 aromatic rings. The Labute approximate surface area is 169 Å². The number of halogens is 4. The molecule has 4 rings (SSSR count). The molecule has 5 nitrogen and oxygen atoms in total. The van der Waals surface area contributed by atoms with Crippen LogP contribution in [-0.4, -0.2) is 34.0 Å². The first-order chi connectivity index (χ1) is 14.3. The molecule has 1 N–H and O–H groups in total. The van der Waals surface area contributed by atoms with Crippen LogP contribution < -0.4 is 5.32 Å². The Bertz CT molecular complexity index is 1050. The summed E-state index contributed by atoms with van der Waals surface area (Å²) in [6.45, 7) is 0.876. The standard InChI is InChI=1S/C21H19F4N3O2/c22-15-5-3-14(4-6-15)12-20(7-10-30-11-8-20)27-19(29)16-2-1-9-28-13-17(21(23,24)25)26-18(16)28/h1-6,9,13H,7-8,10-12H2,(H,27,29). The topological polar surface area (TPSA) is 55.6 Å². The Morgan fingerprint density at radius 2 is 1.87 bits per heavy atom. The van der Waals surface area contributed by atoms with E-state index in [9.17, 15) is 22.4 Å². The molecule has 3 heterocycles. The first-order valence-electron chi connectivity index (χ1n) is 9.45. The van der Waals surface area contributed by atoms with Crippen LogP contribution in [0.3, 0.4) is 0 Å². The average Bonchev–Trinajstić information content (AvgIpc) is 3.15. The molecule has 2 aromatic heterocycles. The minimum absolute atomic E-state index is 0.0537.